The summed E-state index contributed by atoms with van der Waals surface area (Å²) in [7, 11) is -2.19. The first-order valence-corrected chi connectivity index (χ1v) is 12.6. The minimum absolute atomic E-state index is 0.131. The summed E-state index contributed by atoms with van der Waals surface area (Å²) in [5.41, 5.74) is 0.408. The van der Waals surface area contributed by atoms with E-state index in [4.69, 9.17) is 0 Å². The average molecular weight is 429 g/mol. The average Bonchev–Trinajstić information content (AvgIpc) is 3.05. The SMILES string of the molecule is CNS(=O)(=O)c1sc(NC(=O)N(C2CCCCC2)[C@H]2CC[C@H](C)CC2)nc1C. The number of thiazole rings is 1. The van der Waals surface area contributed by atoms with E-state index in [0.29, 0.717) is 10.8 Å². The number of rotatable bonds is 5. The fraction of sp³-hybridized carbons (Fsp3) is 0.789. The Morgan fingerprint density at radius 2 is 1.68 bits per heavy atom. The van der Waals surface area contributed by atoms with Gasteiger partial charge in [-0.2, -0.15) is 0 Å². The molecule has 1 heterocycles. The lowest BCUT2D eigenvalue weighted by Crippen LogP contribution is -2.51. The Hall–Kier alpha value is -1.19. The van der Waals surface area contributed by atoms with E-state index in [1.54, 1.807) is 6.92 Å². The van der Waals surface area contributed by atoms with Crippen LogP contribution in [0.1, 0.15) is 70.4 Å². The van der Waals surface area contributed by atoms with E-state index in [9.17, 15) is 13.2 Å². The van der Waals surface area contributed by atoms with Crippen LogP contribution in [0, 0.1) is 12.8 Å². The van der Waals surface area contributed by atoms with Crippen molar-refractivity contribution in [1.29, 1.82) is 0 Å². The van der Waals surface area contributed by atoms with Gasteiger partial charge in [0.25, 0.3) is 10.0 Å². The maximum absolute atomic E-state index is 13.2. The van der Waals surface area contributed by atoms with Crippen LogP contribution in [0.15, 0.2) is 4.21 Å². The molecular formula is C19H32N4O3S2. The van der Waals surface area contributed by atoms with Crippen LogP contribution in [0.4, 0.5) is 9.93 Å². The van der Waals surface area contributed by atoms with Crippen LogP contribution in [-0.4, -0.2) is 43.5 Å². The van der Waals surface area contributed by atoms with Crippen molar-refractivity contribution < 1.29 is 13.2 Å². The van der Waals surface area contributed by atoms with Crippen LogP contribution in [0.25, 0.3) is 0 Å². The van der Waals surface area contributed by atoms with Crippen LogP contribution in [0.3, 0.4) is 0 Å². The molecule has 0 aliphatic heterocycles. The zero-order valence-electron chi connectivity index (χ0n) is 17.0. The molecule has 2 amide bonds. The largest absolute Gasteiger partial charge is 0.324 e. The number of nitrogens with one attached hydrogen (secondary N) is 2. The van der Waals surface area contributed by atoms with Gasteiger partial charge in [0.1, 0.15) is 0 Å². The van der Waals surface area contributed by atoms with Crippen LogP contribution >= 0.6 is 11.3 Å². The summed E-state index contributed by atoms with van der Waals surface area (Å²) in [6.07, 6.45) is 10.1. The highest BCUT2D eigenvalue weighted by molar-refractivity contribution is 7.91. The molecule has 158 valence electrons. The lowest BCUT2D eigenvalue weighted by Gasteiger charge is -2.42. The molecule has 0 saturated heterocycles. The molecule has 28 heavy (non-hydrogen) atoms. The highest BCUT2D eigenvalue weighted by Gasteiger charge is 2.34. The van der Waals surface area contributed by atoms with Crippen molar-refractivity contribution in [2.45, 2.75) is 87.9 Å². The van der Waals surface area contributed by atoms with Gasteiger partial charge in [-0.25, -0.2) is 22.9 Å². The Morgan fingerprint density at radius 3 is 2.29 bits per heavy atom. The molecule has 1 aromatic heterocycles. The molecule has 2 fully saturated rings. The zero-order valence-corrected chi connectivity index (χ0v) is 18.7. The van der Waals surface area contributed by atoms with Gasteiger partial charge in [-0.3, -0.25) is 5.32 Å². The molecule has 7 nitrogen and oxygen atoms in total. The monoisotopic (exact) mass is 428 g/mol. The smallest absolute Gasteiger partial charge is 0.319 e. The minimum Gasteiger partial charge on any atom is -0.319 e. The number of carbonyl (C=O) groups excluding carboxylic acids is 1. The fourth-order valence-corrected chi connectivity index (χ4v) is 6.68. The molecule has 2 aliphatic carbocycles. The van der Waals surface area contributed by atoms with E-state index in [0.717, 1.165) is 55.8 Å². The summed E-state index contributed by atoms with van der Waals surface area (Å²) < 4.78 is 26.7. The van der Waals surface area contributed by atoms with Gasteiger partial charge in [0.05, 0.1) is 5.69 Å². The molecule has 0 spiro atoms. The van der Waals surface area contributed by atoms with Gasteiger partial charge in [-0.15, -0.1) is 0 Å². The third-order valence-electron chi connectivity index (χ3n) is 6.06. The molecule has 0 bridgehead atoms. The summed E-state index contributed by atoms with van der Waals surface area (Å²) in [5, 5.41) is 3.26. The first-order chi connectivity index (χ1) is 13.3. The molecule has 0 radical (unpaired) electrons. The van der Waals surface area contributed by atoms with Crippen LogP contribution in [0.5, 0.6) is 0 Å². The second-order valence-electron chi connectivity index (χ2n) is 8.14. The van der Waals surface area contributed by atoms with Crippen LogP contribution in [0.2, 0.25) is 0 Å². The summed E-state index contributed by atoms with van der Waals surface area (Å²) in [6, 6.07) is 0.406. The van der Waals surface area contributed by atoms with E-state index < -0.39 is 10.0 Å². The molecule has 0 atom stereocenters. The quantitative estimate of drug-likeness (QED) is 0.738. The number of carbonyl (C=O) groups is 1. The number of aromatic nitrogens is 1. The normalized spacial score (nSPS) is 24.1. The summed E-state index contributed by atoms with van der Waals surface area (Å²) >= 11 is 1.01. The Labute approximate surface area is 172 Å². The van der Waals surface area contributed by atoms with Crippen molar-refractivity contribution >= 4 is 32.5 Å². The Morgan fingerprint density at radius 1 is 1.07 bits per heavy atom. The van der Waals surface area contributed by atoms with Crippen molar-refractivity contribution in [3.63, 3.8) is 0 Å². The van der Waals surface area contributed by atoms with Crippen molar-refractivity contribution in [1.82, 2.24) is 14.6 Å². The number of amides is 2. The summed E-state index contributed by atoms with van der Waals surface area (Å²) in [6.45, 7) is 3.93. The van der Waals surface area contributed by atoms with Crippen LogP contribution < -0.4 is 10.0 Å². The van der Waals surface area contributed by atoms with E-state index in [1.807, 2.05) is 0 Å². The highest BCUT2D eigenvalue weighted by Crippen LogP contribution is 2.33. The lowest BCUT2D eigenvalue weighted by molar-refractivity contribution is 0.105. The van der Waals surface area contributed by atoms with E-state index in [1.165, 1.54) is 26.3 Å². The molecule has 1 aromatic rings. The first kappa shape index (κ1) is 21.5. The number of nitrogens with zero attached hydrogens (tertiary/aromatic N) is 2. The maximum atomic E-state index is 13.2. The predicted molar refractivity (Wildman–Crippen MR) is 112 cm³/mol. The third-order valence-corrected chi connectivity index (χ3v) is 9.16. The van der Waals surface area contributed by atoms with Gasteiger partial charge in [0.15, 0.2) is 9.34 Å². The van der Waals surface area contributed by atoms with Crippen molar-refractivity contribution in [2.75, 3.05) is 12.4 Å². The molecular weight excluding hydrogens is 396 g/mol. The molecule has 9 heteroatoms. The number of hydrogen-bond acceptors (Lipinski definition) is 5. The topological polar surface area (TPSA) is 91.4 Å². The molecule has 2 aliphatic rings. The second kappa shape index (κ2) is 9.09. The van der Waals surface area contributed by atoms with Gasteiger partial charge in [-0.05, 0) is 58.4 Å². The van der Waals surface area contributed by atoms with Crippen molar-refractivity contribution in [3.05, 3.63) is 5.69 Å². The van der Waals surface area contributed by atoms with Gasteiger partial charge in [0.2, 0.25) is 0 Å². The van der Waals surface area contributed by atoms with Gasteiger partial charge in [-0.1, -0.05) is 37.5 Å². The van der Waals surface area contributed by atoms with Crippen molar-refractivity contribution in [3.8, 4) is 0 Å². The van der Waals surface area contributed by atoms with Crippen LogP contribution in [-0.2, 0) is 10.0 Å². The van der Waals surface area contributed by atoms with Gasteiger partial charge in [0, 0.05) is 12.1 Å². The number of sulfonamides is 1. The van der Waals surface area contributed by atoms with Gasteiger partial charge < -0.3 is 4.90 Å². The number of hydrogen-bond donors (Lipinski definition) is 2. The van der Waals surface area contributed by atoms with E-state index in [2.05, 4.69) is 26.8 Å². The highest BCUT2D eigenvalue weighted by atomic mass is 32.2. The first-order valence-electron chi connectivity index (χ1n) is 10.3. The number of anilines is 1. The molecule has 0 aromatic carbocycles. The number of urea groups is 1. The fourth-order valence-electron chi connectivity index (χ4n) is 4.44. The molecule has 0 unspecified atom stereocenters. The maximum Gasteiger partial charge on any atom is 0.324 e. The number of aryl methyl sites for hydroxylation is 1. The zero-order chi connectivity index (χ0) is 20.3. The Balaban J connectivity index is 1.78. The Kier molecular flexibility index (Phi) is 6.98. The van der Waals surface area contributed by atoms with Gasteiger partial charge >= 0.3 is 6.03 Å². The molecule has 2 saturated carbocycles. The third kappa shape index (κ3) is 4.86. The van der Waals surface area contributed by atoms with E-state index in [-0.39, 0.29) is 22.3 Å². The second-order valence-corrected chi connectivity index (χ2v) is 11.2. The Bertz CT molecular complexity index is 779. The standard InChI is InChI=1S/C19H32N4O3S2/c1-13-9-11-16(12-10-13)23(15-7-5-4-6-8-15)19(24)22-18-21-14(2)17(27-18)28(25,26)20-3/h13,15-16,20H,4-12H2,1-3H3,(H,21,22,24)/t13-,16-. The lowest BCUT2D eigenvalue weighted by atomic mass is 9.84. The predicted octanol–water partition coefficient (Wildman–Crippen LogP) is 4.10. The van der Waals surface area contributed by atoms with Crippen molar-refractivity contribution in [2.24, 2.45) is 5.92 Å². The minimum atomic E-state index is -3.57. The molecule has 3 rings (SSSR count). The summed E-state index contributed by atoms with van der Waals surface area (Å²) in [5.74, 6) is 0.725. The van der Waals surface area contributed by atoms with E-state index >= 15 is 0 Å². The summed E-state index contributed by atoms with van der Waals surface area (Å²) in [4.78, 5) is 19.6. The molecule has 2 N–H and O–H groups in total.